The molecule has 0 N–H and O–H groups in total. The molecule has 0 fully saturated rings. The first-order valence-corrected chi connectivity index (χ1v) is 10.5. The lowest BCUT2D eigenvalue weighted by Crippen LogP contribution is -2.01. The Balaban J connectivity index is 1.72. The minimum Gasteiger partial charge on any atom is -0.209 e. The van der Waals surface area contributed by atoms with Gasteiger partial charge in [0.15, 0.2) is 0 Å². The van der Waals surface area contributed by atoms with Gasteiger partial charge in [-0.15, -0.1) is 0 Å². The molecule has 0 spiro atoms. The van der Waals surface area contributed by atoms with Crippen LogP contribution in [0.25, 0.3) is 39.5 Å². The summed E-state index contributed by atoms with van der Waals surface area (Å²) in [5.41, 5.74) is 8.03. The Hall–Kier alpha value is -3.31. The Bertz CT molecular complexity index is 1250. The summed E-state index contributed by atoms with van der Waals surface area (Å²) in [5, 5.41) is 4.92. The SMILES string of the molecule is Cc1ccc(-c2nc3nc(-c4ccc(Br)cc4)cn3nc2-c2ccc(C)cc2)cc1. The Morgan fingerprint density at radius 2 is 1.17 bits per heavy atom. The standard InChI is InChI=1S/C25H19BrN4/c1-16-3-7-19(8-4-16)23-24(20-9-5-17(2)6-10-20)29-30-15-22(27-25(30)28-23)18-11-13-21(26)14-12-18/h3-15H,1-2H3. The summed E-state index contributed by atoms with van der Waals surface area (Å²) in [7, 11) is 0. The molecule has 0 saturated carbocycles. The quantitative estimate of drug-likeness (QED) is 0.312. The highest BCUT2D eigenvalue weighted by atomic mass is 79.9. The van der Waals surface area contributed by atoms with Gasteiger partial charge in [-0.25, -0.2) is 14.5 Å². The molecular weight excluding hydrogens is 436 g/mol. The highest BCUT2D eigenvalue weighted by molar-refractivity contribution is 9.10. The molecule has 0 amide bonds. The number of aromatic nitrogens is 4. The van der Waals surface area contributed by atoms with Crippen LogP contribution >= 0.6 is 15.9 Å². The van der Waals surface area contributed by atoms with E-state index in [1.807, 2.05) is 30.5 Å². The first-order valence-electron chi connectivity index (χ1n) is 9.74. The van der Waals surface area contributed by atoms with Crippen LogP contribution in [-0.4, -0.2) is 19.6 Å². The van der Waals surface area contributed by atoms with Crippen molar-refractivity contribution < 1.29 is 0 Å². The van der Waals surface area contributed by atoms with Gasteiger partial charge >= 0.3 is 0 Å². The lowest BCUT2D eigenvalue weighted by atomic mass is 10.0. The Morgan fingerprint density at radius 3 is 1.77 bits per heavy atom. The van der Waals surface area contributed by atoms with E-state index in [4.69, 9.17) is 15.1 Å². The molecule has 146 valence electrons. The van der Waals surface area contributed by atoms with Gasteiger partial charge in [-0.05, 0) is 26.0 Å². The summed E-state index contributed by atoms with van der Waals surface area (Å²) < 4.78 is 2.80. The molecule has 2 heterocycles. The molecule has 0 unspecified atom stereocenters. The maximum absolute atomic E-state index is 4.92. The van der Waals surface area contributed by atoms with Crippen LogP contribution in [0.4, 0.5) is 0 Å². The predicted molar refractivity (Wildman–Crippen MR) is 124 cm³/mol. The minimum atomic E-state index is 0.583. The average molecular weight is 455 g/mol. The monoisotopic (exact) mass is 454 g/mol. The number of nitrogens with zero attached hydrogens (tertiary/aromatic N) is 4. The van der Waals surface area contributed by atoms with Crippen molar-refractivity contribution >= 4 is 21.7 Å². The molecule has 5 aromatic rings. The molecule has 0 aliphatic carbocycles. The predicted octanol–water partition coefficient (Wildman–Crippen LogP) is 6.50. The fraction of sp³-hybridized carbons (Fsp3) is 0.0800. The van der Waals surface area contributed by atoms with Crippen LogP contribution in [0.5, 0.6) is 0 Å². The van der Waals surface area contributed by atoms with Gasteiger partial charge in [0, 0.05) is 21.2 Å². The number of benzene rings is 3. The first-order chi connectivity index (χ1) is 14.6. The number of rotatable bonds is 3. The number of hydrogen-bond acceptors (Lipinski definition) is 3. The first kappa shape index (κ1) is 18.7. The maximum atomic E-state index is 4.92. The molecule has 4 nitrogen and oxygen atoms in total. The number of imidazole rings is 1. The van der Waals surface area contributed by atoms with Crippen LogP contribution in [0.1, 0.15) is 11.1 Å². The zero-order valence-electron chi connectivity index (χ0n) is 16.7. The van der Waals surface area contributed by atoms with Gasteiger partial charge in [-0.1, -0.05) is 87.7 Å². The summed E-state index contributed by atoms with van der Waals surface area (Å²) in [6.45, 7) is 4.17. The van der Waals surface area contributed by atoms with Gasteiger partial charge in [0.1, 0.15) is 11.4 Å². The summed E-state index contributed by atoms with van der Waals surface area (Å²) in [6.07, 6.45) is 1.93. The van der Waals surface area contributed by atoms with Crippen LogP contribution in [0.15, 0.2) is 83.5 Å². The summed E-state index contributed by atoms with van der Waals surface area (Å²) in [6, 6.07) is 24.8. The molecule has 0 aliphatic heterocycles. The maximum Gasteiger partial charge on any atom is 0.251 e. The van der Waals surface area contributed by atoms with E-state index in [9.17, 15) is 0 Å². The van der Waals surface area contributed by atoms with Gasteiger partial charge in [-0.2, -0.15) is 5.10 Å². The topological polar surface area (TPSA) is 43.1 Å². The van der Waals surface area contributed by atoms with E-state index in [2.05, 4.69) is 78.3 Å². The zero-order chi connectivity index (χ0) is 20.7. The molecule has 2 aromatic heterocycles. The fourth-order valence-corrected chi connectivity index (χ4v) is 3.66. The molecule has 30 heavy (non-hydrogen) atoms. The van der Waals surface area contributed by atoms with Crippen LogP contribution in [-0.2, 0) is 0 Å². The second-order valence-corrected chi connectivity index (χ2v) is 8.33. The van der Waals surface area contributed by atoms with Crippen LogP contribution in [0, 0.1) is 13.8 Å². The van der Waals surface area contributed by atoms with E-state index >= 15 is 0 Å². The van der Waals surface area contributed by atoms with Gasteiger partial charge in [0.25, 0.3) is 5.78 Å². The Labute approximate surface area is 183 Å². The summed E-state index contributed by atoms with van der Waals surface area (Å²) in [4.78, 5) is 9.66. The number of aryl methyl sites for hydroxylation is 2. The van der Waals surface area contributed by atoms with E-state index in [1.54, 1.807) is 4.52 Å². The van der Waals surface area contributed by atoms with Crippen molar-refractivity contribution in [3.63, 3.8) is 0 Å². The van der Waals surface area contributed by atoms with Crippen LogP contribution < -0.4 is 0 Å². The molecule has 0 aliphatic rings. The van der Waals surface area contributed by atoms with Crippen LogP contribution in [0.2, 0.25) is 0 Å². The van der Waals surface area contributed by atoms with Gasteiger partial charge in [-0.3, -0.25) is 0 Å². The molecular formula is C25H19BrN4. The van der Waals surface area contributed by atoms with Crippen molar-refractivity contribution in [2.75, 3.05) is 0 Å². The molecule has 0 atom stereocenters. The zero-order valence-corrected chi connectivity index (χ0v) is 18.3. The third-order valence-corrected chi connectivity index (χ3v) is 5.63. The number of hydrogen-bond donors (Lipinski definition) is 0. The fourth-order valence-electron chi connectivity index (χ4n) is 3.40. The Morgan fingerprint density at radius 1 is 0.633 bits per heavy atom. The molecule has 0 bridgehead atoms. The third-order valence-electron chi connectivity index (χ3n) is 5.10. The van der Waals surface area contributed by atoms with E-state index in [0.717, 1.165) is 38.2 Å². The van der Waals surface area contributed by atoms with Crippen molar-refractivity contribution in [2.45, 2.75) is 13.8 Å². The number of fused-ring (bicyclic) bond motifs is 1. The van der Waals surface area contributed by atoms with Gasteiger partial charge < -0.3 is 0 Å². The van der Waals surface area contributed by atoms with Crippen molar-refractivity contribution in [1.29, 1.82) is 0 Å². The summed E-state index contributed by atoms with van der Waals surface area (Å²) in [5.74, 6) is 0.583. The normalized spacial score (nSPS) is 11.2. The second-order valence-electron chi connectivity index (χ2n) is 7.42. The van der Waals surface area contributed by atoms with Gasteiger partial charge in [0.05, 0.1) is 11.9 Å². The van der Waals surface area contributed by atoms with Crippen molar-refractivity contribution in [2.24, 2.45) is 0 Å². The highest BCUT2D eigenvalue weighted by Crippen LogP contribution is 2.30. The lowest BCUT2D eigenvalue weighted by molar-refractivity contribution is 0.912. The van der Waals surface area contributed by atoms with E-state index in [-0.39, 0.29) is 0 Å². The van der Waals surface area contributed by atoms with Crippen molar-refractivity contribution in [3.05, 3.63) is 94.6 Å². The third kappa shape index (κ3) is 3.53. The Kier molecular flexibility index (Phi) is 4.68. The van der Waals surface area contributed by atoms with Crippen LogP contribution in [0.3, 0.4) is 0 Å². The largest absolute Gasteiger partial charge is 0.251 e. The lowest BCUT2D eigenvalue weighted by Gasteiger charge is -2.09. The van der Waals surface area contributed by atoms with E-state index in [0.29, 0.717) is 5.78 Å². The van der Waals surface area contributed by atoms with Crippen molar-refractivity contribution in [1.82, 2.24) is 19.6 Å². The highest BCUT2D eigenvalue weighted by Gasteiger charge is 2.16. The molecule has 0 saturated heterocycles. The minimum absolute atomic E-state index is 0.583. The second kappa shape index (κ2) is 7.50. The van der Waals surface area contributed by atoms with Crippen molar-refractivity contribution in [3.8, 4) is 33.8 Å². The average Bonchev–Trinajstić information content (AvgIpc) is 3.17. The smallest absolute Gasteiger partial charge is 0.209 e. The molecule has 3 aromatic carbocycles. The van der Waals surface area contributed by atoms with E-state index < -0.39 is 0 Å². The van der Waals surface area contributed by atoms with E-state index in [1.165, 1.54) is 11.1 Å². The van der Waals surface area contributed by atoms with Gasteiger partial charge in [0.2, 0.25) is 0 Å². The molecule has 0 radical (unpaired) electrons. The molecule has 5 rings (SSSR count). The summed E-state index contributed by atoms with van der Waals surface area (Å²) >= 11 is 3.48. The molecule has 5 heteroatoms. The number of halogens is 1.